The molecule has 262 valence electrons. The predicted molar refractivity (Wildman–Crippen MR) is 192 cm³/mol. The lowest BCUT2D eigenvalue weighted by Crippen LogP contribution is -2.55. The Balaban J connectivity index is 1.15. The topological polar surface area (TPSA) is 107 Å². The quantitative estimate of drug-likeness (QED) is 0.177. The van der Waals surface area contributed by atoms with Crippen LogP contribution in [0.1, 0.15) is 19.0 Å². The Morgan fingerprint density at radius 3 is 2.37 bits per heavy atom. The number of rotatable bonds is 9. The van der Waals surface area contributed by atoms with Crippen molar-refractivity contribution in [3.63, 3.8) is 0 Å². The van der Waals surface area contributed by atoms with Crippen LogP contribution in [0.2, 0.25) is 0 Å². The number of halogens is 2. The number of alkyl halides is 2. The number of benzene rings is 3. The molecule has 1 aliphatic heterocycles. The number of amides is 1. The lowest BCUT2D eigenvalue weighted by atomic mass is 10.0. The summed E-state index contributed by atoms with van der Waals surface area (Å²) >= 11 is 0. The Hall–Kier alpha value is -5.40. The number of carbonyl (C=O) groups is 1. The second-order valence-electron chi connectivity index (χ2n) is 12.7. The highest BCUT2D eigenvalue weighted by Gasteiger charge is 2.29. The standard InChI is InChI=1S/C38H35F2N5O5S/c1-24-4-12-30(13-5-24)51(48,49)45-17-16-31-32(23-44(38(39)40)37(47)35(31)45)34-15-9-28-22-27(8-14-33(28)41-34)26-6-10-29(11-7-26)50-21-20-43-19-18-42(3)36(46)25(43)2/h4-17,22-23,25,38H,18-21H2,1-3H3/t25-/m1/s1. The van der Waals surface area contributed by atoms with Crippen LogP contribution in [-0.2, 0) is 14.8 Å². The summed E-state index contributed by atoms with van der Waals surface area (Å²) < 4.78 is 62.4. The molecule has 4 heterocycles. The number of aromatic nitrogens is 3. The Labute approximate surface area is 293 Å². The van der Waals surface area contributed by atoms with Gasteiger partial charge in [-0.15, -0.1) is 0 Å². The highest BCUT2D eigenvalue weighted by molar-refractivity contribution is 7.90. The van der Waals surface area contributed by atoms with Gasteiger partial charge in [-0.1, -0.05) is 42.0 Å². The van der Waals surface area contributed by atoms with Crippen molar-refractivity contribution in [3.05, 3.63) is 113 Å². The summed E-state index contributed by atoms with van der Waals surface area (Å²) in [5, 5.41) is 0.982. The number of fused-ring (bicyclic) bond motifs is 2. The van der Waals surface area contributed by atoms with Crippen LogP contribution in [-0.4, -0.2) is 77.0 Å². The van der Waals surface area contributed by atoms with Gasteiger partial charge in [0.25, 0.3) is 15.6 Å². The van der Waals surface area contributed by atoms with Gasteiger partial charge in [0.1, 0.15) is 17.9 Å². The predicted octanol–water partition coefficient (Wildman–Crippen LogP) is 6.17. The van der Waals surface area contributed by atoms with Crippen molar-refractivity contribution >= 4 is 37.7 Å². The highest BCUT2D eigenvalue weighted by Crippen LogP contribution is 2.32. The number of nitrogens with zero attached hydrogens (tertiary/aromatic N) is 5. The first-order chi connectivity index (χ1) is 24.4. The average Bonchev–Trinajstić information content (AvgIpc) is 3.59. The number of carbonyl (C=O) groups excluding carboxylic acids is 1. The van der Waals surface area contributed by atoms with Gasteiger partial charge in [0.2, 0.25) is 5.91 Å². The van der Waals surface area contributed by atoms with Gasteiger partial charge < -0.3 is 9.64 Å². The number of ether oxygens (including phenoxy) is 1. The number of likely N-dealkylation sites (N-methyl/N-ethyl adjacent to an activating group) is 1. The molecular weight excluding hydrogens is 677 g/mol. The van der Waals surface area contributed by atoms with Crippen LogP contribution >= 0.6 is 0 Å². The first-order valence-electron chi connectivity index (χ1n) is 16.4. The van der Waals surface area contributed by atoms with Gasteiger partial charge in [-0.2, -0.15) is 8.78 Å². The molecule has 7 rings (SSSR count). The van der Waals surface area contributed by atoms with Crippen molar-refractivity contribution in [2.24, 2.45) is 0 Å². The smallest absolute Gasteiger partial charge is 0.321 e. The maximum absolute atomic E-state index is 14.2. The number of piperazine rings is 1. The number of hydrogen-bond donors (Lipinski definition) is 0. The zero-order valence-electron chi connectivity index (χ0n) is 28.2. The number of hydrogen-bond acceptors (Lipinski definition) is 7. The van der Waals surface area contributed by atoms with Crippen LogP contribution in [0.3, 0.4) is 0 Å². The minimum absolute atomic E-state index is 0.0737. The normalized spacial score (nSPS) is 15.7. The van der Waals surface area contributed by atoms with Crippen molar-refractivity contribution in [1.82, 2.24) is 23.3 Å². The molecule has 1 atom stereocenters. The molecule has 3 aromatic heterocycles. The van der Waals surface area contributed by atoms with Crippen LogP contribution in [0.4, 0.5) is 8.78 Å². The van der Waals surface area contributed by atoms with Gasteiger partial charge in [0.05, 0.1) is 22.1 Å². The van der Waals surface area contributed by atoms with E-state index in [1.807, 2.05) is 69.4 Å². The third-order valence-electron chi connectivity index (χ3n) is 9.44. The molecule has 13 heteroatoms. The molecule has 0 aliphatic carbocycles. The Bertz CT molecular complexity index is 2440. The second kappa shape index (κ2) is 13.4. The van der Waals surface area contributed by atoms with E-state index >= 15 is 0 Å². The van der Waals surface area contributed by atoms with E-state index in [0.29, 0.717) is 30.9 Å². The van der Waals surface area contributed by atoms with Crippen LogP contribution in [0, 0.1) is 6.92 Å². The van der Waals surface area contributed by atoms with E-state index in [2.05, 4.69) is 4.90 Å². The van der Waals surface area contributed by atoms with E-state index in [1.165, 1.54) is 24.4 Å². The van der Waals surface area contributed by atoms with Crippen LogP contribution in [0.5, 0.6) is 5.75 Å². The van der Waals surface area contributed by atoms with Crippen molar-refractivity contribution in [2.75, 3.05) is 33.3 Å². The molecule has 0 N–H and O–H groups in total. The second-order valence-corrected chi connectivity index (χ2v) is 14.5. The molecule has 1 saturated heterocycles. The molecule has 0 spiro atoms. The molecule has 0 radical (unpaired) electrons. The molecule has 10 nitrogen and oxygen atoms in total. The zero-order valence-corrected chi connectivity index (χ0v) is 29.0. The first-order valence-corrected chi connectivity index (χ1v) is 17.9. The van der Waals surface area contributed by atoms with Gasteiger partial charge in [-0.3, -0.25) is 19.1 Å². The van der Waals surface area contributed by atoms with Gasteiger partial charge in [0.15, 0.2) is 0 Å². The molecule has 1 aliphatic rings. The van der Waals surface area contributed by atoms with Crippen LogP contribution in [0.25, 0.3) is 44.2 Å². The fraction of sp³-hybridized carbons (Fsp3) is 0.237. The molecule has 3 aromatic carbocycles. The molecule has 0 saturated carbocycles. The summed E-state index contributed by atoms with van der Waals surface area (Å²) in [5.74, 6) is 0.834. The summed E-state index contributed by atoms with van der Waals surface area (Å²) in [4.78, 5) is 34.1. The van der Waals surface area contributed by atoms with Crippen LogP contribution < -0.4 is 10.3 Å². The van der Waals surface area contributed by atoms with Gasteiger partial charge in [-0.25, -0.2) is 17.4 Å². The molecule has 0 bridgehead atoms. The van der Waals surface area contributed by atoms with Gasteiger partial charge in [0, 0.05) is 55.4 Å². The fourth-order valence-corrected chi connectivity index (χ4v) is 7.79. The minimum Gasteiger partial charge on any atom is -0.492 e. The molecule has 1 amide bonds. The monoisotopic (exact) mass is 711 g/mol. The number of pyridine rings is 2. The van der Waals surface area contributed by atoms with E-state index in [0.717, 1.165) is 44.5 Å². The van der Waals surface area contributed by atoms with Crippen molar-refractivity contribution in [2.45, 2.75) is 31.3 Å². The molecule has 6 aromatic rings. The van der Waals surface area contributed by atoms with Crippen molar-refractivity contribution < 1.29 is 26.7 Å². The van der Waals surface area contributed by atoms with E-state index < -0.39 is 22.1 Å². The van der Waals surface area contributed by atoms with Crippen molar-refractivity contribution in [1.29, 1.82) is 0 Å². The van der Waals surface area contributed by atoms with Gasteiger partial charge in [-0.05, 0) is 73.5 Å². The third kappa shape index (κ3) is 6.38. The summed E-state index contributed by atoms with van der Waals surface area (Å²) in [5.41, 5.74) is 2.29. The largest absolute Gasteiger partial charge is 0.492 e. The van der Waals surface area contributed by atoms with E-state index in [9.17, 15) is 26.8 Å². The maximum Gasteiger partial charge on any atom is 0.321 e. The molecular formula is C38H35F2N5O5S. The van der Waals surface area contributed by atoms with Crippen molar-refractivity contribution in [3.8, 4) is 28.1 Å². The summed E-state index contributed by atoms with van der Waals surface area (Å²) in [6.07, 6.45) is 2.23. The van der Waals surface area contributed by atoms with E-state index in [4.69, 9.17) is 9.72 Å². The first kappa shape index (κ1) is 34.1. The highest BCUT2D eigenvalue weighted by atomic mass is 32.2. The maximum atomic E-state index is 14.2. The van der Waals surface area contributed by atoms with Gasteiger partial charge >= 0.3 is 6.55 Å². The summed E-state index contributed by atoms with van der Waals surface area (Å²) in [6.45, 7) is 3.13. The summed E-state index contributed by atoms with van der Waals surface area (Å²) in [6, 6.07) is 24.2. The fourth-order valence-electron chi connectivity index (χ4n) is 6.45. The van der Waals surface area contributed by atoms with E-state index in [1.54, 1.807) is 23.1 Å². The SMILES string of the molecule is Cc1ccc(S(=O)(=O)n2ccc3c(-c4ccc5cc(-c6ccc(OCCN7CCN(C)C(=O)[C@H]7C)cc6)ccc5n4)cn(C(F)F)c(=O)c32)cc1. The lowest BCUT2D eigenvalue weighted by Gasteiger charge is -2.37. The Morgan fingerprint density at radius 2 is 1.65 bits per heavy atom. The minimum atomic E-state index is -4.27. The Kier molecular flexibility index (Phi) is 8.94. The Morgan fingerprint density at radius 1 is 0.922 bits per heavy atom. The number of aryl methyl sites for hydroxylation is 1. The molecule has 0 unspecified atom stereocenters. The average molecular weight is 712 g/mol. The van der Waals surface area contributed by atoms with Crippen LogP contribution in [0.15, 0.2) is 107 Å². The molecule has 1 fully saturated rings. The lowest BCUT2D eigenvalue weighted by molar-refractivity contribution is -0.139. The van der Waals surface area contributed by atoms with E-state index in [-0.39, 0.29) is 37.9 Å². The summed E-state index contributed by atoms with van der Waals surface area (Å²) in [7, 11) is -2.45. The zero-order chi connectivity index (χ0) is 36.0. The third-order valence-corrected chi connectivity index (χ3v) is 11.1. The molecule has 51 heavy (non-hydrogen) atoms.